The zero-order valence-electron chi connectivity index (χ0n) is 19.1. The van der Waals surface area contributed by atoms with E-state index in [1.807, 2.05) is 12.1 Å². The van der Waals surface area contributed by atoms with Crippen molar-refractivity contribution in [1.29, 1.82) is 0 Å². The molecule has 1 fully saturated rings. The second-order valence-corrected chi connectivity index (χ2v) is 9.38. The normalized spacial score (nSPS) is 15.2. The number of imide groups is 1. The minimum atomic E-state index is -0.647. The number of thioether (sulfide) groups is 1. The van der Waals surface area contributed by atoms with Gasteiger partial charge < -0.3 is 14.2 Å². The molecule has 1 saturated heterocycles. The predicted octanol–water partition coefficient (Wildman–Crippen LogP) is 4.65. The maximum atomic E-state index is 12.4. The van der Waals surface area contributed by atoms with Crippen molar-refractivity contribution >= 4 is 35.0 Å². The number of amides is 2. The van der Waals surface area contributed by atoms with Gasteiger partial charge in [0.2, 0.25) is 0 Å². The first-order chi connectivity index (χ1) is 15.7. The highest BCUT2D eigenvalue weighted by molar-refractivity contribution is 8.18. The summed E-state index contributed by atoms with van der Waals surface area (Å²) in [5, 5.41) is -0.496. The van der Waals surface area contributed by atoms with Gasteiger partial charge in [0.05, 0.1) is 12.0 Å². The molecule has 0 saturated carbocycles. The number of esters is 1. The van der Waals surface area contributed by atoms with Gasteiger partial charge in [-0.3, -0.25) is 19.3 Å². The zero-order valence-corrected chi connectivity index (χ0v) is 19.9. The Kier molecular flexibility index (Phi) is 7.81. The molecule has 3 rings (SSSR count). The van der Waals surface area contributed by atoms with Gasteiger partial charge in [0.15, 0.2) is 0 Å². The summed E-state index contributed by atoms with van der Waals surface area (Å²) >= 11 is 0.793. The van der Waals surface area contributed by atoms with E-state index in [0.717, 1.165) is 28.0 Å². The number of methoxy groups -OCH3 is 1. The standard InChI is InChI=1S/C25H27NO6S/c1-25(2,3)18-7-11-20(12-8-18)32-14-13-31-19-9-5-17(6-10-19)15-21-23(28)26(24(29)33-21)16-22(27)30-4/h5-12,15H,13-14,16H2,1-4H3/b21-15-. The van der Waals surface area contributed by atoms with Gasteiger partial charge in [0, 0.05) is 0 Å². The van der Waals surface area contributed by atoms with E-state index in [1.54, 1.807) is 30.3 Å². The van der Waals surface area contributed by atoms with Crippen molar-refractivity contribution in [3.63, 3.8) is 0 Å². The summed E-state index contributed by atoms with van der Waals surface area (Å²) in [6.07, 6.45) is 1.61. The Balaban J connectivity index is 1.49. The van der Waals surface area contributed by atoms with Gasteiger partial charge >= 0.3 is 5.97 Å². The van der Waals surface area contributed by atoms with E-state index in [-0.39, 0.29) is 10.3 Å². The van der Waals surface area contributed by atoms with Gasteiger partial charge in [-0.1, -0.05) is 45.0 Å². The quantitative estimate of drug-likeness (QED) is 0.316. The number of hydrogen-bond acceptors (Lipinski definition) is 7. The van der Waals surface area contributed by atoms with Gasteiger partial charge in [-0.2, -0.15) is 0 Å². The SMILES string of the molecule is COC(=O)CN1C(=O)S/C(=C\c2ccc(OCCOc3ccc(C(C)(C)C)cc3)cc2)C1=O. The van der Waals surface area contributed by atoms with Crippen LogP contribution in [0.15, 0.2) is 53.4 Å². The molecule has 0 bridgehead atoms. The topological polar surface area (TPSA) is 82.1 Å². The number of carbonyl (C=O) groups excluding carboxylic acids is 3. The minimum absolute atomic E-state index is 0.103. The molecule has 8 heteroatoms. The predicted molar refractivity (Wildman–Crippen MR) is 127 cm³/mol. The third-order valence-corrected chi connectivity index (χ3v) is 5.81. The van der Waals surface area contributed by atoms with E-state index in [1.165, 1.54) is 12.7 Å². The Labute approximate surface area is 197 Å². The maximum Gasteiger partial charge on any atom is 0.325 e. The molecule has 33 heavy (non-hydrogen) atoms. The van der Waals surface area contributed by atoms with Crippen molar-refractivity contribution in [3.05, 3.63) is 64.6 Å². The Morgan fingerprint density at radius 3 is 2.00 bits per heavy atom. The van der Waals surface area contributed by atoms with Crippen molar-refractivity contribution in [2.24, 2.45) is 0 Å². The van der Waals surface area contributed by atoms with Gasteiger partial charge in [0.25, 0.3) is 11.1 Å². The summed E-state index contributed by atoms with van der Waals surface area (Å²) in [5.41, 5.74) is 2.09. The van der Waals surface area contributed by atoms with Gasteiger partial charge in [-0.15, -0.1) is 0 Å². The van der Waals surface area contributed by atoms with Crippen LogP contribution >= 0.6 is 11.8 Å². The van der Waals surface area contributed by atoms with Crippen LogP contribution in [0.3, 0.4) is 0 Å². The molecule has 0 radical (unpaired) electrons. The molecule has 0 spiro atoms. The smallest absolute Gasteiger partial charge is 0.325 e. The molecule has 174 valence electrons. The van der Waals surface area contributed by atoms with Crippen molar-refractivity contribution in [1.82, 2.24) is 4.90 Å². The van der Waals surface area contributed by atoms with Crippen LogP contribution < -0.4 is 9.47 Å². The summed E-state index contributed by atoms with van der Waals surface area (Å²) in [6.45, 7) is 6.90. The monoisotopic (exact) mass is 469 g/mol. The third-order valence-electron chi connectivity index (χ3n) is 4.91. The lowest BCUT2D eigenvalue weighted by Gasteiger charge is -2.19. The fourth-order valence-corrected chi connectivity index (χ4v) is 3.85. The van der Waals surface area contributed by atoms with E-state index in [9.17, 15) is 14.4 Å². The maximum absolute atomic E-state index is 12.4. The first kappa shape index (κ1) is 24.4. The van der Waals surface area contributed by atoms with E-state index in [4.69, 9.17) is 9.47 Å². The van der Waals surface area contributed by atoms with Crippen LogP contribution in [0.1, 0.15) is 31.9 Å². The van der Waals surface area contributed by atoms with Crippen LogP contribution in [0.2, 0.25) is 0 Å². The molecular weight excluding hydrogens is 442 g/mol. The van der Waals surface area contributed by atoms with Crippen molar-refractivity contribution in [2.45, 2.75) is 26.2 Å². The number of ether oxygens (including phenoxy) is 3. The van der Waals surface area contributed by atoms with E-state index in [0.29, 0.717) is 19.0 Å². The lowest BCUT2D eigenvalue weighted by Crippen LogP contribution is -2.34. The Morgan fingerprint density at radius 1 is 0.939 bits per heavy atom. The van der Waals surface area contributed by atoms with Crippen LogP contribution in [-0.2, 0) is 19.7 Å². The zero-order chi connectivity index (χ0) is 24.0. The summed E-state index contributed by atoms with van der Waals surface area (Å²) in [6, 6.07) is 15.2. The van der Waals surface area contributed by atoms with E-state index < -0.39 is 23.7 Å². The number of nitrogens with zero attached hydrogens (tertiary/aromatic N) is 1. The molecule has 1 aliphatic heterocycles. The highest BCUT2D eigenvalue weighted by Crippen LogP contribution is 2.32. The largest absolute Gasteiger partial charge is 0.490 e. The lowest BCUT2D eigenvalue weighted by atomic mass is 9.87. The number of hydrogen-bond donors (Lipinski definition) is 0. The van der Waals surface area contributed by atoms with E-state index in [2.05, 4.69) is 37.6 Å². The van der Waals surface area contributed by atoms with Crippen LogP contribution in [0.25, 0.3) is 6.08 Å². The number of carbonyl (C=O) groups is 3. The molecule has 0 N–H and O–H groups in total. The molecule has 2 aromatic rings. The second-order valence-electron chi connectivity index (χ2n) is 8.38. The molecule has 2 aromatic carbocycles. The molecule has 0 unspecified atom stereocenters. The van der Waals surface area contributed by atoms with Crippen LogP contribution in [0.4, 0.5) is 4.79 Å². The summed E-state index contributed by atoms with van der Waals surface area (Å²) < 4.78 is 16.0. The first-order valence-electron chi connectivity index (χ1n) is 10.5. The number of rotatable bonds is 8. The molecule has 0 aliphatic carbocycles. The highest BCUT2D eigenvalue weighted by atomic mass is 32.2. The van der Waals surface area contributed by atoms with Crippen molar-refractivity contribution < 1.29 is 28.6 Å². The Hall–Kier alpha value is -3.26. The van der Waals surface area contributed by atoms with Crippen molar-refractivity contribution in [2.75, 3.05) is 26.9 Å². The molecule has 2 amide bonds. The van der Waals surface area contributed by atoms with Crippen LogP contribution in [-0.4, -0.2) is 48.9 Å². The van der Waals surface area contributed by atoms with Gasteiger partial charge in [0.1, 0.15) is 31.3 Å². The average molecular weight is 470 g/mol. The van der Waals surface area contributed by atoms with Crippen molar-refractivity contribution in [3.8, 4) is 11.5 Å². The molecule has 0 aromatic heterocycles. The summed E-state index contributed by atoms with van der Waals surface area (Å²) in [7, 11) is 1.21. The van der Waals surface area contributed by atoms with Crippen LogP contribution in [0, 0.1) is 0 Å². The lowest BCUT2D eigenvalue weighted by molar-refractivity contribution is -0.143. The second kappa shape index (κ2) is 10.6. The fraction of sp³-hybridized carbons (Fsp3) is 0.320. The highest BCUT2D eigenvalue weighted by Gasteiger charge is 2.36. The first-order valence-corrected chi connectivity index (χ1v) is 11.3. The Morgan fingerprint density at radius 2 is 1.48 bits per heavy atom. The average Bonchev–Trinajstić information content (AvgIpc) is 3.04. The summed E-state index contributed by atoms with van der Waals surface area (Å²) in [4.78, 5) is 36.9. The third kappa shape index (κ3) is 6.61. The number of benzene rings is 2. The molecular formula is C25H27NO6S. The molecule has 0 atom stereocenters. The van der Waals surface area contributed by atoms with Gasteiger partial charge in [-0.05, 0) is 58.6 Å². The fourth-order valence-electron chi connectivity index (χ4n) is 3.01. The molecule has 1 aliphatic rings. The van der Waals surface area contributed by atoms with Crippen LogP contribution in [0.5, 0.6) is 11.5 Å². The molecule has 1 heterocycles. The van der Waals surface area contributed by atoms with E-state index >= 15 is 0 Å². The minimum Gasteiger partial charge on any atom is -0.490 e. The summed E-state index contributed by atoms with van der Waals surface area (Å²) in [5.74, 6) is 0.301. The van der Waals surface area contributed by atoms with Gasteiger partial charge in [-0.25, -0.2) is 0 Å². The molecule has 7 nitrogen and oxygen atoms in total. The Bertz CT molecular complexity index is 1040.